The zero-order valence-electron chi connectivity index (χ0n) is 12.5. The highest BCUT2D eigenvalue weighted by molar-refractivity contribution is 5.75. The van der Waals surface area contributed by atoms with E-state index in [2.05, 4.69) is 19.1 Å². The highest BCUT2D eigenvalue weighted by atomic mass is 19.2. The maximum absolute atomic E-state index is 13.8. The van der Waals surface area contributed by atoms with Crippen LogP contribution in [0.5, 0.6) is 0 Å². The summed E-state index contributed by atoms with van der Waals surface area (Å²) in [6.45, 7) is 2.33. The lowest BCUT2D eigenvalue weighted by molar-refractivity contribution is 0.240. The average Bonchev–Trinajstić information content (AvgIpc) is 2.51. The Morgan fingerprint density at radius 3 is 2.48 bits per heavy atom. The van der Waals surface area contributed by atoms with Gasteiger partial charge < -0.3 is 0 Å². The SMILES string of the molecule is C[C@H]1CC[C@H](C2C=CC(c3cccc(F)c3F)=CC2)CC1. The van der Waals surface area contributed by atoms with Crippen molar-refractivity contribution < 1.29 is 8.78 Å². The molecule has 2 heteroatoms. The zero-order chi connectivity index (χ0) is 14.8. The molecule has 1 atom stereocenters. The molecule has 0 heterocycles. The van der Waals surface area contributed by atoms with Gasteiger partial charge >= 0.3 is 0 Å². The molecule has 0 nitrogen and oxygen atoms in total. The van der Waals surface area contributed by atoms with Gasteiger partial charge in [-0.25, -0.2) is 8.78 Å². The molecule has 0 spiro atoms. The van der Waals surface area contributed by atoms with Crippen molar-refractivity contribution in [1.82, 2.24) is 0 Å². The molecule has 21 heavy (non-hydrogen) atoms. The first-order chi connectivity index (χ1) is 10.1. The van der Waals surface area contributed by atoms with Crippen LogP contribution in [0.2, 0.25) is 0 Å². The Bertz CT molecular complexity index is 563. The largest absolute Gasteiger partial charge is 0.204 e. The van der Waals surface area contributed by atoms with Crippen LogP contribution in [0.15, 0.2) is 36.4 Å². The lowest BCUT2D eigenvalue weighted by atomic mass is 9.74. The molecule has 1 fully saturated rings. The molecule has 0 saturated heterocycles. The van der Waals surface area contributed by atoms with E-state index in [9.17, 15) is 8.78 Å². The number of allylic oxidation sites excluding steroid dienone is 4. The van der Waals surface area contributed by atoms with Crippen LogP contribution in [0.25, 0.3) is 5.57 Å². The molecule has 2 aliphatic rings. The van der Waals surface area contributed by atoms with E-state index in [-0.39, 0.29) is 0 Å². The molecule has 0 bridgehead atoms. The first-order valence-corrected chi connectivity index (χ1v) is 7.98. The van der Waals surface area contributed by atoms with Crippen molar-refractivity contribution in [2.24, 2.45) is 17.8 Å². The van der Waals surface area contributed by atoms with Crippen LogP contribution < -0.4 is 0 Å². The van der Waals surface area contributed by atoms with Gasteiger partial charge in [0.05, 0.1) is 0 Å². The number of benzene rings is 1. The summed E-state index contributed by atoms with van der Waals surface area (Å²) in [4.78, 5) is 0. The highest BCUT2D eigenvalue weighted by Crippen LogP contribution is 2.38. The normalized spacial score (nSPS) is 29.3. The van der Waals surface area contributed by atoms with Crippen LogP contribution in [-0.2, 0) is 0 Å². The minimum Gasteiger partial charge on any atom is -0.204 e. The Morgan fingerprint density at radius 2 is 1.81 bits per heavy atom. The Kier molecular flexibility index (Phi) is 4.23. The second-order valence-corrected chi connectivity index (χ2v) is 6.54. The van der Waals surface area contributed by atoms with Gasteiger partial charge in [0.1, 0.15) is 0 Å². The van der Waals surface area contributed by atoms with Crippen LogP contribution in [0.4, 0.5) is 8.78 Å². The van der Waals surface area contributed by atoms with Gasteiger partial charge in [0.15, 0.2) is 11.6 Å². The molecule has 0 N–H and O–H groups in total. The molecule has 112 valence electrons. The molecule has 1 aromatic rings. The lowest BCUT2D eigenvalue weighted by Crippen LogP contribution is -2.20. The predicted molar refractivity (Wildman–Crippen MR) is 82.7 cm³/mol. The van der Waals surface area contributed by atoms with Gasteiger partial charge in [-0.2, -0.15) is 0 Å². The Balaban J connectivity index is 1.70. The fourth-order valence-electron chi connectivity index (χ4n) is 3.63. The maximum atomic E-state index is 13.8. The van der Waals surface area contributed by atoms with Gasteiger partial charge in [-0.3, -0.25) is 0 Å². The molecule has 0 aliphatic heterocycles. The van der Waals surface area contributed by atoms with E-state index in [1.165, 1.54) is 25.7 Å². The van der Waals surface area contributed by atoms with E-state index in [0.717, 1.165) is 29.9 Å². The van der Waals surface area contributed by atoms with Crippen molar-refractivity contribution in [1.29, 1.82) is 0 Å². The first kappa shape index (κ1) is 14.5. The summed E-state index contributed by atoms with van der Waals surface area (Å²) in [7, 11) is 0. The van der Waals surface area contributed by atoms with E-state index < -0.39 is 11.6 Å². The van der Waals surface area contributed by atoms with Crippen LogP contribution in [0.3, 0.4) is 0 Å². The average molecular weight is 288 g/mol. The van der Waals surface area contributed by atoms with Crippen molar-refractivity contribution >= 4 is 5.57 Å². The number of hydrogen-bond acceptors (Lipinski definition) is 0. The molecular weight excluding hydrogens is 266 g/mol. The summed E-state index contributed by atoms with van der Waals surface area (Å²) in [5.41, 5.74) is 1.19. The molecule has 1 aromatic carbocycles. The summed E-state index contributed by atoms with van der Waals surface area (Å²) < 4.78 is 27.1. The fraction of sp³-hybridized carbons (Fsp3) is 0.474. The molecule has 3 rings (SSSR count). The number of hydrogen-bond donors (Lipinski definition) is 0. The van der Waals surface area contributed by atoms with E-state index in [0.29, 0.717) is 11.5 Å². The van der Waals surface area contributed by atoms with Gasteiger partial charge in [-0.15, -0.1) is 0 Å². The quantitative estimate of drug-likeness (QED) is 0.650. The fourth-order valence-corrected chi connectivity index (χ4v) is 3.63. The Labute approximate surface area is 125 Å². The van der Waals surface area contributed by atoms with Gasteiger partial charge in [0, 0.05) is 5.56 Å². The third-order valence-electron chi connectivity index (χ3n) is 5.06. The van der Waals surface area contributed by atoms with Crippen molar-refractivity contribution in [3.8, 4) is 0 Å². The minimum atomic E-state index is -0.773. The van der Waals surface area contributed by atoms with Crippen molar-refractivity contribution in [3.05, 3.63) is 53.6 Å². The lowest BCUT2D eigenvalue weighted by Gasteiger charge is -2.32. The Hall–Kier alpha value is -1.44. The predicted octanol–water partition coefficient (Wildman–Crippen LogP) is 5.75. The van der Waals surface area contributed by atoms with Gasteiger partial charge in [-0.1, -0.05) is 50.1 Å². The second kappa shape index (κ2) is 6.13. The molecule has 1 unspecified atom stereocenters. The third kappa shape index (κ3) is 3.09. The molecule has 0 amide bonds. The van der Waals surface area contributed by atoms with E-state index in [4.69, 9.17) is 0 Å². The maximum Gasteiger partial charge on any atom is 0.166 e. The minimum absolute atomic E-state index is 0.377. The summed E-state index contributed by atoms with van der Waals surface area (Å²) in [5, 5.41) is 0. The van der Waals surface area contributed by atoms with E-state index >= 15 is 0 Å². The van der Waals surface area contributed by atoms with Gasteiger partial charge in [0.25, 0.3) is 0 Å². The number of halogens is 2. The zero-order valence-corrected chi connectivity index (χ0v) is 12.5. The number of rotatable bonds is 2. The van der Waals surface area contributed by atoms with Crippen molar-refractivity contribution in [3.63, 3.8) is 0 Å². The van der Waals surface area contributed by atoms with Crippen molar-refractivity contribution in [2.75, 3.05) is 0 Å². The molecule has 1 saturated carbocycles. The van der Waals surface area contributed by atoms with Gasteiger partial charge in [-0.05, 0) is 48.7 Å². The topological polar surface area (TPSA) is 0 Å². The summed E-state index contributed by atoms with van der Waals surface area (Å²) in [6.07, 6.45) is 12.4. The van der Waals surface area contributed by atoms with E-state index in [1.54, 1.807) is 12.1 Å². The second-order valence-electron chi connectivity index (χ2n) is 6.54. The summed E-state index contributed by atoms with van der Waals surface area (Å²) in [6, 6.07) is 4.38. The van der Waals surface area contributed by atoms with Crippen LogP contribution in [0, 0.1) is 29.4 Å². The molecule has 0 radical (unpaired) electrons. The third-order valence-corrected chi connectivity index (χ3v) is 5.06. The van der Waals surface area contributed by atoms with Crippen molar-refractivity contribution in [2.45, 2.75) is 39.0 Å². The molecule has 0 aromatic heterocycles. The molecule has 2 aliphatic carbocycles. The first-order valence-electron chi connectivity index (χ1n) is 7.98. The van der Waals surface area contributed by atoms with Crippen LogP contribution in [0.1, 0.15) is 44.6 Å². The van der Waals surface area contributed by atoms with Crippen LogP contribution >= 0.6 is 0 Å². The monoisotopic (exact) mass is 288 g/mol. The highest BCUT2D eigenvalue weighted by Gasteiger charge is 2.25. The summed E-state index contributed by atoms with van der Waals surface area (Å²) >= 11 is 0. The Morgan fingerprint density at radius 1 is 1.05 bits per heavy atom. The van der Waals surface area contributed by atoms with Gasteiger partial charge in [0.2, 0.25) is 0 Å². The standard InChI is InChI=1S/C19H22F2/c1-13-5-7-14(8-6-13)15-9-11-16(12-10-15)17-3-2-4-18(20)19(17)21/h2-4,9,11-15H,5-8,10H2,1H3/t13-,14-,15?. The summed E-state index contributed by atoms with van der Waals surface area (Å²) in [5.74, 6) is 0.676. The van der Waals surface area contributed by atoms with Crippen LogP contribution in [-0.4, -0.2) is 0 Å². The molecular formula is C19H22F2. The smallest absolute Gasteiger partial charge is 0.166 e. The van der Waals surface area contributed by atoms with E-state index in [1.807, 2.05) is 6.08 Å².